The third-order valence-electron chi connectivity index (χ3n) is 1.38. The zero-order chi connectivity index (χ0) is 9.84. The SMILES string of the molecule is O=C(Cl)Oc1ccc(B(O)O)cc1. The average molecular weight is 200 g/mol. The van der Waals surface area contributed by atoms with E-state index in [0.717, 1.165) is 0 Å². The first-order chi connectivity index (χ1) is 6.09. The first kappa shape index (κ1) is 10.0. The van der Waals surface area contributed by atoms with Crippen molar-refractivity contribution in [3.05, 3.63) is 24.3 Å². The molecule has 0 aromatic heterocycles. The van der Waals surface area contributed by atoms with Gasteiger partial charge in [-0.05, 0) is 17.6 Å². The predicted molar refractivity (Wildman–Crippen MR) is 48.1 cm³/mol. The molecule has 6 heteroatoms. The minimum atomic E-state index is -1.53. The molecule has 0 spiro atoms. The van der Waals surface area contributed by atoms with Gasteiger partial charge in [-0.25, -0.2) is 4.79 Å². The lowest BCUT2D eigenvalue weighted by atomic mass is 9.80. The highest BCUT2D eigenvalue weighted by molar-refractivity contribution is 6.61. The van der Waals surface area contributed by atoms with Crippen LogP contribution in [-0.2, 0) is 0 Å². The van der Waals surface area contributed by atoms with Gasteiger partial charge in [0.25, 0.3) is 0 Å². The Balaban J connectivity index is 2.75. The Hall–Kier alpha value is -1.04. The number of hydrogen-bond acceptors (Lipinski definition) is 4. The topological polar surface area (TPSA) is 66.8 Å². The second kappa shape index (κ2) is 4.27. The van der Waals surface area contributed by atoms with Crippen LogP contribution in [0, 0.1) is 0 Å². The Kier molecular flexibility index (Phi) is 3.30. The van der Waals surface area contributed by atoms with Crippen LogP contribution in [0.25, 0.3) is 0 Å². The van der Waals surface area contributed by atoms with Crippen LogP contribution in [0.2, 0.25) is 0 Å². The van der Waals surface area contributed by atoms with E-state index in [1.807, 2.05) is 0 Å². The van der Waals surface area contributed by atoms with Gasteiger partial charge < -0.3 is 14.8 Å². The number of carbonyl (C=O) groups is 1. The van der Waals surface area contributed by atoms with Crippen LogP contribution in [0.15, 0.2) is 24.3 Å². The maximum Gasteiger partial charge on any atom is 0.488 e. The van der Waals surface area contributed by atoms with Gasteiger partial charge in [0.15, 0.2) is 0 Å². The van der Waals surface area contributed by atoms with Gasteiger partial charge >= 0.3 is 12.5 Å². The smallest absolute Gasteiger partial charge is 0.423 e. The van der Waals surface area contributed by atoms with Gasteiger partial charge in [-0.3, -0.25) is 0 Å². The molecule has 0 bridgehead atoms. The van der Waals surface area contributed by atoms with Gasteiger partial charge in [0.1, 0.15) is 5.75 Å². The third-order valence-corrected chi connectivity index (χ3v) is 1.45. The molecule has 0 aliphatic rings. The first-order valence-corrected chi connectivity index (χ1v) is 3.81. The number of carbonyl (C=O) groups excluding carboxylic acids is 1. The van der Waals surface area contributed by atoms with Crippen LogP contribution in [0.4, 0.5) is 4.79 Å². The fraction of sp³-hybridized carbons (Fsp3) is 0. The normalized spacial score (nSPS) is 9.46. The van der Waals surface area contributed by atoms with Gasteiger partial charge in [-0.15, -0.1) is 0 Å². The van der Waals surface area contributed by atoms with Crippen molar-refractivity contribution in [3.8, 4) is 5.75 Å². The summed E-state index contributed by atoms with van der Waals surface area (Å²) < 4.78 is 4.51. The zero-order valence-corrected chi connectivity index (χ0v) is 7.23. The molecule has 13 heavy (non-hydrogen) atoms. The van der Waals surface area contributed by atoms with Crippen LogP contribution in [0.5, 0.6) is 5.75 Å². The highest BCUT2D eigenvalue weighted by atomic mass is 35.5. The summed E-state index contributed by atoms with van der Waals surface area (Å²) >= 11 is 4.95. The summed E-state index contributed by atoms with van der Waals surface area (Å²) in [6.45, 7) is 0. The molecule has 1 aromatic rings. The molecule has 0 atom stereocenters. The van der Waals surface area contributed by atoms with E-state index in [9.17, 15) is 4.79 Å². The molecule has 0 fully saturated rings. The van der Waals surface area contributed by atoms with Gasteiger partial charge in [-0.2, -0.15) is 0 Å². The van der Waals surface area contributed by atoms with Crippen LogP contribution >= 0.6 is 11.6 Å². The lowest BCUT2D eigenvalue weighted by Gasteiger charge is -2.01. The van der Waals surface area contributed by atoms with Gasteiger partial charge in [0.2, 0.25) is 0 Å². The standard InChI is InChI=1S/C7H6BClO4/c9-7(10)13-6-3-1-5(2-4-6)8(11)12/h1-4,11-12H. The Morgan fingerprint density at radius 3 is 2.23 bits per heavy atom. The summed E-state index contributed by atoms with van der Waals surface area (Å²) in [5.41, 5.74) is -0.619. The largest absolute Gasteiger partial charge is 0.488 e. The van der Waals surface area contributed by atoms with E-state index in [2.05, 4.69) is 4.74 Å². The van der Waals surface area contributed by atoms with Crippen molar-refractivity contribution < 1.29 is 19.6 Å². The van der Waals surface area contributed by atoms with Crippen molar-refractivity contribution in [2.75, 3.05) is 0 Å². The van der Waals surface area contributed by atoms with Crippen LogP contribution < -0.4 is 10.2 Å². The number of benzene rings is 1. The van der Waals surface area contributed by atoms with E-state index in [1.54, 1.807) is 0 Å². The first-order valence-electron chi connectivity index (χ1n) is 3.43. The molecule has 0 aliphatic carbocycles. The number of rotatable bonds is 2. The summed E-state index contributed by atoms with van der Waals surface area (Å²) in [5.74, 6) is 0.254. The van der Waals surface area contributed by atoms with Crippen LogP contribution in [0.3, 0.4) is 0 Å². The van der Waals surface area contributed by atoms with Crippen LogP contribution in [0.1, 0.15) is 0 Å². The second-order valence-corrected chi connectivity index (χ2v) is 2.59. The Labute approximate surface area is 79.9 Å². The predicted octanol–water partition coefficient (Wildman–Crippen LogP) is 0.104. The molecule has 0 radical (unpaired) electrons. The summed E-state index contributed by atoms with van der Waals surface area (Å²) in [4.78, 5) is 10.3. The highest BCUT2D eigenvalue weighted by Crippen LogP contribution is 2.08. The highest BCUT2D eigenvalue weighted by Gasteiger charge is 2.10. The van der Waals surface area contributed by atoms with E-state index in [1.165, 1.54) is 24.3 Å². The molecule has 0 aliphatic heterocycles. The molecular formula is C7H6BClO4. The van der Waals surface area contributed by atoms with Crippen molar-refractivity contribution in [3.63, 3.8) is 0 Å². The van der Waals surface area contributed by atoms with Crippen molar-refractivity contribution in [2.24, 2.45) is 0 Å². The lowest BCUT2D eigenvalue weighted by molar-refractivity contribution is 0.225. The molecule has 0 heterocycles. The number of hydrogen-bond donors (Lipinski definition) is 2. The molecular weight excluding hydrogens is 194 g/mol. The van der Waals surface area contributed by atoms with Crippen molar-refractivity contribution in [1.29, 1.82) is 0 Å². The van der Waals surface area contributed by atoms with Crippen LogP contribution in [-0.4, -0.2) is 22.6 Å². The minimum Gasteiger partial charge on any atom is -0.423 e. The summed E-state index contributed by atoms with van der Waals surface area (Å²) in [6.07, 6.45) is 0. The monoisotopic (exact) mass is 200 g/mol. The molecule has 0 unspecified atom stereocenters. The third kappa shape index (κ3) is 3.06. The van der Waals surface area contributed by atoms with E-state index in [4.69, 9.17) is 21.6 Å². The van der Waals surface area contributed by atoms with Crippen molar-refractivity contribution in [1.82, 2.24) is 0 Å². The van der Waals surface area contributed by atoms with E-state index < -0.39 is 12.5 Å². The summed E-state index contributed by atoms with van der Waals surface area (Å²) in [6, 6.07) is 5.66. The molecule has 1 aromatic carbocycles. The second-order valence-electron chi connectivity index (χ2n) is 2.28. The summed E-state index contributed by atoms with van der Waals surface area (Å²) in [7, 11) is -1.53. The molecule has 68 valence electrons. The molecule has 0 amide bonds. The number of halogens is 1. The number of ether oxygens (including phenoxy) is 1. The van der Waals surface area contributed by atoms with E-state index in [0.29, 0.717) is 5.46 Å². The average Bonchev–Trinajstić information content (AvgIpc) is 2.04. The minimum absolute atomic E-state index is 0.254. The maximum atomic E-state index is 10.3. The van der Waals surface area contributed by atoms with E-state index in [-0.39, 0.29) is 5.75 Å². The van der Waals surface area contributed by atoms with Crippen molar-refractivity contribution >= 4 is 29.6 Å². The van der Waals surface area contributed by atoms with E-state index >= 15 is 0 Å². The van der Waals surface area contributed by atoms with Gasteiger partial charge in [0.05, 0.1) is 0 Å². The molecule has 1 rings (SSSR count). The molecule has 0 saturated carbocycles. The fourth-order valence-electron chi connectivity index (χ4n) is 0.801. The Bertz CT molecular complexity index is 298. The quantitative estimate of drug-likeness (QED) is 0.525. The van der Waals surface area contributed by atoms with Gasteiger partial charge in [-0.1, -0.05) is 12.1 Å². The Morgan fingerprint density at radius 1 is 1.31 bits per heavy atom. The molecule has 0 saturated heterocycles. The fourth-order valence-corrected chi connectivity index (χ4v) is 0.890. The van der Waals surface area contributed by atoms with Crippen molar-refractivity contribution in [2.45, 2.75) is 0 Å². The zero-order valence-electron chi connectivity index (χ0n) is 6.48. The molecule has 4 nitrogen and oxygen atoms in total. The van der Waals surface area contributed by atoms with Gasteiger partial charge in [0, 0.05) is 11.6 Å². The summed E-state index contributed by atoms with van der Waals surface area (Å²) in [5, 5.41) is 17.4. The Morgan fingerprint density at radius 2 is 1.85 bits per heavy atom. The lowest BCUT2D eigenvalue weighted by Crippen LogP contribution is -2.29. The maximum absolute atomic E-state index is 10.3. The molecule has 2 N–H and O–H groups in total.